The summed E-state index contributed by atoms with van der Waals surface area (Å²) in [5, 5.41) is 9.33. The Labute approximate surface area is 99.0 Å². The van der Waals surface area contributed by atoms with Gasteiger partial charge in [-0.05, 0) is 12.8 Å². The van der Waals surface area contributed by atoms with Gasteiger partial charge in [0.25, 0.3) is 0 Å². The first-order valence-electron chi connectivity index (χ1n) is 5.54. The van der Waals surface area contributed by atoms with Crippen molar-refractivity contribution in [2.24, 2.45) is 0 Å². The molecule has 0 unspecified atom stereocenters. The molecule has 0 spiro atoms. The topological polar surface area (TPSA) is 61.2 Å². The summed E-state index contributed by atoms with van der Waals surface area (Å²) in [4.78, 5) is 24.9. The van der Waals surface area contributed by atoms with Crippen LogP contribution in [0.25, 0.3) is 0 Å². The molecule has 5 heteroatoms. The van der Waals surface area contributed by atoms with Crippen LogP contribution in [0.2, 0.25) is 0 Å². The van der Waals surface area contributed by atoms with Crippen molar-refractivity contribution in [3.05, 3.63) is 0 Å². The van der Waals surface area contributed by atoms with Crippen LogP contribution >= 0.6 is 11.8 Å². The Bertz CT molecular complexity index is 339. The van der Waals surface area contributed by atoms with E-state index in [2.05, 4.69) is 6.07 Å². The van der Waals surface area contributed by atoms with Crippen molar-refractivity contribution in [1.29, 1.82) is 5.26 Å². The van der Waals surface area contributed by atoms with Crippen molar-refractivity contribution in [3.63, 3.8) is 0 Å². The lowest BCUT2D eigenvalue weighted by Crippen LogP contribution is -2.57. The smallest absolute Gasteiger partial charge is 0.240 e. The van der Waals surface area contributed by atoms with E-state index in [0.717, 1.165) is 19.3 Å². The molecule has 1 saturated carbocycles. The minimum absolute atomic E-state index is 0.190. The van der Waals surface area contributed by atoms with E-state index in [4.69, 9.17) is 0 Å². The van der Waals surface area contributed by atoms with Crippen molar-refractivity contribution >= 4 is 23.6 Å². The number of carbonyl (C=O) groups excluding carboxylic acids is 2. The second-order valence-corrected chi connectivity index (χ2v) is 5.31. The molecule has 86 valence electrons. The van der Waals surface area contributed by atoms with Gasteiger partial charge in [0.1, 0.15) is 5.54 Å². The van der Waals surface area contributed by atoms with Crippen LogP contribution in [-0.4, -0.2) is 33.8 Å². The lowest BCUT2D eigenvalue weighted by Gasteiger charge is -2.41. The lowest BCUT2D eigenvalue weighted by molar-refractivity contribution is -0.148. The molecule has 0 radical (unpaired) electrons. The van der Waals surface area contributed by atoms with Crippen LogP contribution in [0.1, 0.15) is 32.1 Å². The van der Waals surface area contributed by atoms with Crippen LogP contribution in [0.15, 0.2) is 0 Å². The van der Waals surface area contributed by atoms with Crippen molar-refractivity contribution in [2.75, 3.05) is 11.5 Å². The van der Waals surface area contributed by atoms with Gasteiger partial charge in [0, 0.05) is 0 Å². The molecule has 2 rings (SSSR count). The predicted molar refractivity (Wildman–Crippen MR) is 60.6 cm³/mol. The zero-order valence-corrected chi connectivity index (χ0v) is 9.89. The zero-order valence-electron chi connectivity index (χ0n) is 9.07. The van der Waals surface area contributed by atoms with E-state index >= 15 is 0 Å². The van der Waals surface area contributed by atoms with Gasteiger partial charge in [-0.1, -0.05) is 19.3 Å². The molecule has 4 nitrogen and oxygen atoms in total. The van der Waals surface area contributed by atoms with Crippen LogP contribution in [0.3, 0.4) is 0 Å². The third kappa shape index (κ3) is 1.82. The summed E-state index contributed by atoms with van der Waals surface area (Å²) in [6, 6.07) is 2.22. The molecule has 0 aromatic carbocycles. The maximum Gasteiger partial charge on any atom is 0.240 e. The van der Waals surface area contributed by atoms with Crippen molar-refractivity contribution < 1.29 is 9.59 Å². The van der Waals surface area contributed by atoms with Gasteiger partial charge >= 0.3 is 0 Å². The molecule has 1 saturated heterocycles. The molecule has 1 aliphatic carbocycles. The van der Waals surface area contributed by atoms with Gasteiger partial charge in [-0.2, -0.15) is 5.26 Å². The number of imide groups is 1. The van der Waals surface area contributed by atoms with E-state index in [1.165, 1.54) is 16.7 Å². The SMILES string of the molecule is N#CC1(N2C(=O)CSCC2=O)CCCCC1. The second-order valence-electron chi connectivity index (χ2n) is 4.32. The number of nitriles is 1. The number of carbonyl (C=O) groups is 2. The van der Waals surface area contributed by atoms with E-state index in [0.29, 0.717) is 24.3 Å². The van der Waals surface area contributed by atoms with Crippen molar-refractivity contribution in [1.82, 2.24) is 4.90 Å². The fourth-order valence-electron chi connectivity index (χ4n) is 2.49. The monoisotopic (exact) mass is 238 g/mol. The highest BCUT2D eigenvalue weighted by Gasteiger charge is 2.45. The van der Waals surface area contributed by atoms with Crippen LogP contribution in [0.5, 0.6) is 0 Å². The Balaban J connectivity index is 2.28. The van der Waals surface area contributed by atoms with Crippen LogP contribution in [0.4, 0.5) is 0 Å². The standard InChI is InChI=1S/C11H14N2O2S/c12-8-11(4-2-1-3-5-11)13-9(14)6-16-7-10(13)15/h1-7H2. The average Bonchev–Trinajstić information content (AvgIpc) is 2.30. The first-order chi connectivity index (χ1) is 7.69. The predicted octanol–water partition coefficient (Wildman–Crippen LogP) is 1.31. The molecular formula is C11H14N2O2S. The fraction of sp³-hybridized carbons (Fsp3) is 0.727. The van der Waals surface area contributed by atoms with Crippen molar-refractivity contribution in [2.45, 2.75) is 37.6 Å². The molecule has 1 aliphatic heterocycles. The maximum atomic E-state index is 11.8. The number of amides is 2. The van der Waals surface area contributed by atoms with Crippen LogP contribution in [0, 0.1) is 11.3 Å². The second kappa shape index (κ2) is 4.46. The molecule has 2 aliphatic rings. The van der Waals surface area contributed by atoms with Gasteiger partial charge < -0.3 is 0 Å². The van der Waals surface area contributed by atoms with E-state index in [1.807, 2.05) is 0 Å². The van der Waals surface area contributed by atoms with Gasteiger partial charge in [0.2, 0.25) is 11.8 Å². The highest BCUT2D eigenvalue weighted by Crippen LogP contribution is 2.35. The first kappa shape index (κ1) is 11.5. The van der Waals surface area contributed by atoms with E-state index in [1.54, 1.807) is 0 Å². The Hall–Kier alpha value is -1.02. The molecule has 1 heterocycles. The van der Waals surface area contributed by atoms with Gasteiger partial charge in [-0.15, -0.1) is 11.8 Å². The minimum atomic E-state index is -0.840. The summed E-state index contributed by atoms with van der Waals surface area (Å²) in [5.41, 5.74) is -0.840. The molecule has 0 aromatic rings. The Morgan fingerprint density at radius 2 is 1.69 bits per heavy atom. The van der Waals surface area contributed by atoms with E-state index in [-0.39, 0.29) is 11.8 Å². The molecule has 2 amide bonds. The van der Waals surface area contributed by atoms with Gasteiger partial charge in [-0.3, -0.25) is 14.5 Å². The fourth-order valence-corrected chi connectivity index (χ4v) is 3.20. The number of nitrogens with zero attached hydrogens (tertiary/aromatic N) is 2. The van der Waals surface area contributed by atoms with E-state index in [9.17, 15) is 14.9 Å². The Kier molecular flexibility index (Phi) is 3.20. The largest absolute Gasteiger partial charge is 0.273 e. The Morgan fingerprint density at radius 3 is 2.19 bits per heavy atom. The quantitative estimate of drug-likeness (QED) is 0.646. The maximum absolute atomic E-state index is 11.8. The summed E-state index contributed by atoms with van der Waals surface area (Å²) in [5.74, 6) is 0.277. The molecule has 0 bridgehead atoms. The summed E-state index contributed by atoms with van der Waals surface area (Å²) >= 11 is 1.34. The Morgan fingerprint density at radius 1 is 1.12 bits per heavy atom. The molecule has 0 atom stereocenters. The van der Waals surface area contributed by atoms with E-state index < -0.39 is 5.54 Å². The third-order valence-corrected chi connectivity index (χ3v) is 4.17. The van der Waals surface area contributed by atoms with Crippen LogP contribution < -0.4 is 0 Å². The number of hydrogen-bond donors (Lipinski definition) is 0. The third-order valence-electron chi connectivity index (χ3n) is 3.27. The van der Waals surface area contributed by atoms with Gasteiger partial charge in [0.15, 0.2) is 0 Å². The highest BCUT2D eigenvalue weighted by molar-refractivity contribution is 8.00. The normalized spacial score (nSPS) is 25.3. The summed E-state index contributed by atoms with van der Waals surface area (Å²) in [7, 11) is 0. The number of hydrogen-bond acceptors (Lipinski definition) is 4. The lowest BCUT2D eigenvalue weighted by atomic mass is 9.81. The van der Waals surface area contributed by atoms with Crippen molar-refractivity contribution in [3.8, 4) is 6.07 Å². The molecule has 0 aromatic heterocycles. The van der Waals surface area contributed by atoms with Gasteiger partial charge in [-0.25, -0.2) is 0 Å². The molecular weight excluding hydrogens is 224 g/mol. The zero-order chi connectivity index (χ0) is 11.6. The number of thioether (sulfide) groups is 1. The van der Waals surface area contributed by atoms with Crippen LogP contribution in [-0.2, 0) is 9.59 Å². The molecule has 2 fully saturated rings. The summed E-state index contributed by atoms with van der Waals surface area (Å²) < 4.78 is 0. The highest BCUT2D eigenvalue weighted by atomic mass is 32.2. The summed E-state index contributed by atoms with van der Waals surface area (Å²) in [6.45, 7) is 0. The first-order valence-corrected chi connectivity index (χ1v) is 6.70. The molecule has 16 heavy (non-hydrogen) atoms. The van der Waals surface area contributed by atoms with Gasteiger partial charge in [0.05, 0.1) is 17.6 Å². The summed E-state index contributed by atoms with van der Waals surface area (Å²) in [6.07, 6.45) is 4.24. The number of rotatable bonds is 1. The average molecular weight is 238 g/mol. The molecule has 0 N–H and O–H groups in total. The minimum Gasteiger partial charge on any atom is -0.273 e.